The number of anilines is 1. The molecule has 2 saturated heterocycles. The first-order valence-corrected chi connectivity index (χ1v) is 13.2. The molecule has 2 aliphatic heterocycles. The van der Waals surface area contributed by atoms with Crippen LogP contribution < -0.4 is 4.90 Å². The molecule has 0 saturated carbocycles. The van der Waals surface area contributed by atoms with E-state index in [1.54, 1.807) is 17.7 Å². The van der Waals surface area contributed by atoms with Gasteiger partial charge in [0.2, 0.25) is 5.91 Å². The van der Waals surface area contributed by atoms with E-state index in [9.17, 15) is 23.5 Å². The number of aliphatic hydroxyl groups excluding tert-OH is 1. The number of alkyl halides is 1. The zero-order chi connectivity index (χ0) is 26.3. The molecule has 2 aromatic rings. The first-order chi connectivity index (χ1) is 17.7. The summed E-state index contributed by atoms with van der Waals surface area (Å²) in [6.07, 6.45) is 1.10. The SMILES string of the molecule is Cc1c(F)ccc(N2CCN(C(=O)Cn3nc(C(=O)N4CC[C@H](O)[C@H](F)C4)c4c3CCCC4)CC2)c1C. The second-order valence-electron chi connectivity index (χ2n) is 10.4. The number of benzene rings is 1. The molecule has 1 aromatic heterocycles. The zero-order valence-corrected chi connectivity index (χ0v) is 21.6. The van der Waals surface area contributed by atoms with Crippen LogP contribution in [0, 0.1) is 19.7 Å². The summed E-state index contributed by atoms with van der Waals surface area (Å²) in [6, 6.07) is 3.30. The van der Waals surface area contributed by atoms with Crippen LogP contribution in [0.2, 0.25) is 0 Å². The number of carbonyl (C=O) groups is 2. The number of aromatic nitrogens is 2. The number of nitrogens with zero attached hydrogens (tertiary/aromatic N) is 5. The number of halogens is 2. The Hall–Kier alpha value is -3.01. The first-order valence-electron chi connectivity index (χ1n) is 13.2. The lowest BCUT2D eigenvalue weighted by atomic mass is 9.95. The average Bonchev–Trinajstić information content (AvgIpc) is 3.27. The molecule has 2 amide bonds. The largest absolute Gasteiger partial charge is 0.390 e. The van der Waals surface area contributed by atoms with Gasteiger partial charge in [0.1, 0.15) is 18.5 Å². The Labute approximate surface area is 215 Å². The molecule has 1 aliphatic carbocycles. The summed E-state index contributed by atoms with van der Waals surface area (Å²) in [4.78, 5) is 31.9. The monoisotopic (exact) mass is 515 g/mol. The maximum absolute atomic E-state index is 14.1. The molecule has 10 heteroatoms. The van der Waals surface area contributed by atoms with Gasteiger partial charge in [-0.3, -0.25) is 14.3 Å². The van der Waals surface area contributed by atoms with E-state index in [4.69, 9.17) is 0 Å². The summed E-state index contributed by atoms with van der Waals surface area (Å²) >= 11 is 0. The smallest absolute Gasteiger partial charge is 0.274 e. The number of rotatable bonds is 4. The fraction of sp³-hybridized carbons (Fsp3) is 0.593. The third-order valence-corrected chi connectivity index (χ3v) is 8.20. The Balaban J connectivity index is 1.27. The maximum Gasteiger partial charge on any atom is 0.274 e. The van der Waals surface area contributed by atoms with Gasteiger partial charge in [-0.05, 0) is 69.2 Å². The molecule has 2 fully saturated rings. The standard InChI is InChI=1S/C27H35F2N5O3/c1-17-18(2)22(8-7-20(17)28)31-11-13-32(14-12-31)25(36)16-34-23-6-4-3-5-19(23)26(30-34)27(37)33-10-9-24(35)21(29)15-33/h7-8,21,24,35H,3-6,9-16H2,1-2H3/t21-,24+/m1/s1. The van der Waals surface area contributed by atoms with Gasteiger partial charge in [-0.2, -0.15) is 5.10 Å². The van der Waals surface area contributed by atoms with E-state index >= 15 is 0 Å². The Morgan fingerprint density at radius 1 is 1.03 bits per heavy atom. The number of likely N-dealkylation sites (tertiary alicyclic amines) is 1. The van der Waals surface area contributed by atoms with E-state index in [0.717, 1.165) is 48.2 Å². The summed E-state index contributed by atoms with van der Waals surface area (Å²) in [7, 11) is 0. The number of fused-ring (bicyclic) bond motifs is 1. The molecule has 0 spiro atoms. The molecule has 3 heterocycles. The second kappa shape index (κ2) is 10.4. The van der Waals surface area contributed by atoms with Gasteiger partial charge in [0.25, 0.3) is 5.91 Å². The minimum atomic E-state index is -1.46. The lowest BCUT2D eigenvalue weighted by Crippen LogP contribution is -2.50. The van der Waals surface area contributed by atoms with Crippen LogP contribution >= 0.6 is 0 Å². The maximum atomic E-state index is 14.1. The van der Waals surface area contributed by atoms with Crippen LogP contribution in [0.3, 0.4) is 0 Å². The van der Waals surface area contributed by atoms with Crippen LogP contribution in [0.25, 0.3) is 0 Å². The van der Waals surface area contributed by atoms with Crippen molar-refractivity contribution in [3.05, 3.63) is 46.0 Å². The first kappa shape index (κ1) is 25.6. The average molecular weight is 516 g/mol. The highest BCUT2D eigenvalue weighted by molar-refractivity contribution is 5.94. The quantitative estimate of drug-likeness (QED) is 0.677. The summed E-state index contributed by atoms with van der Waals surface area (Å²) in [5.41, 5.74) is 4.68. The minimum absolute atomic E-state index is 0.0496. The lowest BCUT2D eigenvalue weighted by Gasteiger charge is -2.37. The van der Waals surface area contributed by atoms with Crippen molar-refractivity contribution >= 4 is 17.5 Å². The van der Waals surface area contributed by atoms with Crippen LogP contribution in [0.5, 0.6) is 0 Å². The lowest BCUT2D eigenvalue weighted by molar-refractivity contribution is -0.132. The molecule has 37 heavy (non-hydrogen) atoms. The van der Waals surface area contributed by atoms with E-state index in [1.165, 1.54) is 11.0 Å². The summed E-state index contributed by atoms with van der Waals surface area (Å²) < 4.78 is 29.6. The van der Waals surface area contributed by atoms with Crippen LogP contribution in [0.1, 0.15) is 52.1 Å². The van der Waals surface area contributed by atoms with Gasteiger partial charge in [-0.25, -0.2) is 8.78 Å². The molecule has 200 valence electrons. The number of piperazine rings is 1. The summed E-state index contributed by atoms with van der Waals surface area (Å²) in [5.74, 6) is -0.582. The van der Waals surface area contributed by atoms with Gasteiger partial charge in [-0.15, -0.1) is 0 Å². The highest BCUT2D eigenvalue weighted by atomic mass is 19.1. The van der Waals surface area contributed by atoms with E-state index in [2.05, 4.69) is 10.00 Å². The molecule has 0 radical (unpaired) electrons. The van der Waals surface area contributed by atoms with E-state index in [0.29, 0.717) is 37.4 Å². The molecule has 1 aromatic carbocycles. The number of piperidine rings is 1. The topological polar surface area (TPSA) is 81.9 Å². The van der Waals surface area contributed by atoms with Crippen LogP contribution in [0.15, 0.2) is 12.1 Å². The Bertz CT molecular complexity index is 1190. The number of aliphatic hydroxyl groups is 1. The van der Waals surface area contributed by atoms with Crippen LogP contribution in [0.4, 0.5) is 14.5 Å². The van der Waals surface area contributed by atoms with Crippen molar-refractivity contribution in [1.82, 2.24) is 19.6 Å². The second-order valence-corrected chi connectivity index (χ2v) is 10.4. The normalized spacial score (nSPS) is 22.2. The third kappa shape index (κ3) is 4.95. The van der Waals surface area contributed by atoms with Crippen molar-refractivity contribution in [2.75, 3.05) is 44.2 Å². The molecule has 1 N–H and O–H groups in total. The third-order valence-electron chi connectivity index (χ3n) is 8.20. The minimum Gasteiger partial charge on any atom is -0.390 e. The summed E-state index contributed by atoms with van der Waals surface area (Å²) in [6.45, 7) is 6.33. The number of hydrogen-bond donors (Lipinski definition) is 1. The van der Waals surface area contributed by atoms with Gasteiger partial charge < -0.3 is 19.8 Å². The van der Waals surface area contributed by atoms with Crippen LogP contribution in [-0.4, -0.2) is 88.0 Å². The predicted molar refractivity (Wildman–Crippen MR) is 135 cm³/mol. The van der Waals surface area contributed by atoms with E-state index in [1.807, 2.05) is 11.8 Å². The van der Waals surface area contributed by atoms with E-state index < -0.39 is 12.3 Å². The Morgan fingerprint density at radius 2 is 1.76 bits per heavy atom. The number of carbonyl (C=O) groups excluding carboxylic acids is 2. The molecule has 5 rings (SSSR count). The fourth-order valence-electron chi connectivity index (χ4n) is 5.74. The molecule has 8 nitrogen and oxygen atoms in total. The molecular weight excluding hydrogens is 480 g/mol. The van der Waals surface area contributed by atoms with Gasteiger partial charge in [0, 0.05) is 49.7 Å². The number of hydrogen-bond acceptors (Lipinski definition) is 5. The van der Waals surface area contributed by atoms with Gasteiger partial charge in [0.05, 0.1) is 12.6 Å². The van der Waals surface area contributed by atoms with Gasteiger partial charge in [0.15, 0.2) is 5.69 Å². The molecule has 0 bridgehead atoms. The fourth-order valence-corrected chi connectivity index (χ4v) is 5.74. The van der Waals surface area contributed by atoms with Crippen molar-refractivity contribution < 1.29 is 23.5 Å². The summed E-state index contributed by atoms with van der Waals surface area (Å²) in [5, 5.41) is 14.3. The van der Waals surface area contributed by atoms with Crippen molar-refractivity contribution in [2.24, 2.45) is 0 Å². The van der Waals surface area contributed by atoms with Crippen molar-refractivity contribution in [2.45, 2.75) is 64.8 Å². The van der Waals surface area contributed by atoms with E-state index in [-0.39, 0.29) is 43.7 Å². The predicted octanol–water partition coefficient (Wildman–Crippen LogP) is 2.41. The Kier molecular flexibility index (Phi) is 7.20. The molecular formula is C27H35F2N5O3. The zero-order valence-electron chi connectivity index (χ0n) is 21.6. The van der Waals surface area contributed by atoms with Crippen molar-refractivity contribution in [3.63, 3.8) is 0 Å². The Morgan fingerprint density at radius 3 is 2.49 bits per heavy atom. The van der Waals surface area contributed by atoms with Crippen molar-refractivity contribution in [3.8, 4) is 0 Å². The molecule has 0 unspecified atom stereocenters. The number of amides is 2. The highest BCUT2D eigenvalue weighted by Gasteiger charge is 2.34. The molecule has 3 aliphatic rings. The van der Waals surface area contributed by atoms with Gasteiger partial charge >= 0.3 is 0 Å². The van der Waals surface area contributed by atoms with Gasteiger partial charge in [-0.1, -0.05) is 0 Å². The molecule has 2 atom stereocenters. The van der Waals surface area contributed by atoms with Crippen molar-refractivity contribution in [1.29, 1.82) is 0 Å². The van der Waals surface area contributed by atoms with Crippen LogP contribution in [-0.2, 0) is 24.2 Å². The highest BCUT2D eigenvalue weighted by Crippen LogP contribution is 2.28.